The van der Waals surface area contributed by atoms with Crippen molar-refractivity contribution in [2.45, 2.75) is 51.4 Å². The lowest BCUT2D eigenvalue weighted by molar-refractivity contribution is -0.175. The third-order valence-corrected chi connectivity index (χ3v) is 4.08. The van der Waals surface area contributed by atoms with Gasteiger partial charge in [0.15, 0.2) is 5.60 Å². The minimum atomic E-state index is -1.33. The maximum absolute atomic E-state index is 12.0. The van der Waals surface area contributed by atoms with E-state index >= 15 is 0 Å². The number of nitrogens with zero attached hydrogens (tertiary/aromatic N) is 2. The Kier molecular flexibility index (Phi) is 4.96. The monoisotopic (exact) mass is 292 g/mol. The molecule has 1 aromatic heterocycles. The normalized spacial score (nSPS) is 20.2. The van der Waals surface area contributed by atoms with Crippen LogP contribution in [0.1, 0.15) is 45.2 Å². The Morgan fingerprint density at radius 1 is 1.29 bits per heavy atom. The standard InChI is InChI=1S/C16H24N2O3/c1-12(2)21-15(19)16(20)6-10-18(11-7-16)13(3)14-4-8-17-9-5-14/h4-5,8-9,12-13,20H,6-7,10-11H2,1-3H3. The van der Waals surface area contributed by atoms with Crippen LogP contribution in [0.15, 0.2) is 24.5 Å². The molecule has 0 radical (unpaired) electrons. The molecular weight excluding hydrogens is 268 g/mol. The van der Waals surface area contributed by atoms with Gasteiger partial charge in [-0.3, -0.25) is 9.88 Å². The minimum Gasteiger partial charge on any atom is -0.461 e. The highest BCUT2D eigenvalue weighted by Crippen LogP contribution is 2.29. The molecule has 1 N–H and O–H groups in total. The number of carbonyl (C=O) groups excluding carboxylic acids is 1. The highest BCUT2D eigenvalue weighted by Gasteiger charge is 2.42. The molecule has 1 aliphatic heterocycles. The predicted octanol–water partition coefficient (Wildman–Crippen LogP) is 1.92. The van der Waals surface area contributed by atoms with Gasteiger partial charge in [-0.25, -0.2) is 4.79 Å². The fraction of sp³-hybridized carbons (Fsp3) is 0.625. The predicted molar refractivity (Wildman–Crippen MR) is 79.6 cm³/mol. The van der Waals surface area contributed by atoms with Gasteiger partial charge in [0, 0.05) is 31.5 Å². The number of hydrogen-bond donors (Lipinski definition) is 1. The van der Waals surface area contributed by atoms with Crippen molar-refractivity contribution < 1.29 is 14.6 Å². The number of rotatable bonds is 4. The Morgan fingerprint density at radius 2 is 1.86 bits per heavy atom. The van der Waals surface area contributed by atoms with Gasteiger partial charge >= 0.3 is 5.97 Å². The van der Waals surface area contributed by atoms with Crippen LogP contribution in [-0.4, -0.2) is 45.8 Å². The van der Waals surface area contributed by atoms with E-state index in [0.29, 0.717) is 25.9 Å². The zero-order valence-electron chi connectivity index (χ0n) is 13.0. The van der Waals surface area contributed by atoms with Crippen LogP contribution in [-0.2, 0) is 9.53 Å². The van der Waals surface area contributed by atoms with Crippen LogP contribution < -0.4 is 0 Å². The summed E-state index contributed by atoms with van der Waals surface area (Å²) in [4.78, 5) is 18.3. The summed E-state index contributed by atoms with van der Waals surface area (Å²) in [7, 11) is 0. The number of ether oxygens (including phenoxy) is 1. The third kappa shape index (κ3) is 3.80. The lowest BCUT2D eigenvalue weighted by Gasteiger charge is -2.39. The van der Waals surface area contributed by atoms with Gasteiger partial charge in [-0.2, -0.15) is 0 Å². The molecule has 1 atom stereocenters. The van der Waals surface area contributed by atoms with Crippen molar-refractivity contribution >= 4 is 5.97 Å². The number of carbonyl (C=O) groups is 1. The summed E-state index contributed by atoms with van der Waals surface area (Å²) < 4.78 is 5.16. The van der Waals surface area contributed by atoms with E-state index in [-0.39, 0.29) is 12.1 Å². The zero-order chi connectivity index (χ0) is 15.5. The maximum Gasteiger partial charge on any atom is 0.338 e. The van der Waals surface area contributed by atoms with Crippen LogP contribution in [0, 0.1) is 0 Å². The number of aliphatic hydroxyl groups is 1. The minimum absolute atomic E-state index is 0.199. The molecule has 116 valence electrons. The van der Waals surface area contributed by atoms with Gasteiger partial charge in [0.2, 0.25) is 0 Å². The first kappa shape index (κ1) is 15.9. The van der Waals surface area contributed by atoms with E-state index in [2.05, 4.69) is 16.8 Å². The Balaban J connectivity index is 1.95. The summed E-state index contributed by atoms with van der Waals surface area (Å²) in [6.45, 7) is 7.07. The van der Waals surface area contributed by atoms with E-state index in [1.165, 1.54) is 5.56 Å². The number of esters is 1. The fourth-order valence-electron chi connectivity index (χ4n) is 2.66. The molecule has 0 amide bonds. The van der Waals surface area contributed by atoms with Gasteiger partial charge in [-0.1, -0.05) is 0 Å². The summed E-state index contributed by atoms with van der Waals surface area (Å²) in [5.74, 6) is -0.492. The van der Waals surface area contributed by atoms with Crippen LogP contribution in [0.25, 0.3) is 0 Å². The molecule has 5 heteroatoms. The number of aromatic nitrogens is 1. The van der Waals surface area contributed by atoms with Gasteiger partial charge in [0.25, 0.3) is 0 Å². The number of pyridine rings is 1. The molecule has 1 saturated heterocycles. The second-order valence-electron chi connectivity index (χ2n) is 5.98. The smallest absolute Gasteiger partial charge is 0.338 e. The lowest BCUT2D eigenvalue weighted by Crippen LogP contribution is -2.51. The molecule has 0 spiro atoms. The molecule has 21 heavy (non-hydrogen) atoms. The Bertz CT molecular complexity index is 468. The fourth-order valence-corrected chi connectivity index (χ4v) is 2.66. The number of hydrogen-bond acceptors (Lipinski definition) is 5. The molecule has 1 aliphatic rings. The van der Waals surface area contributed by atoms with E-state index < -0.39 is 11.6 Å². The van der Waals surface area contributed by atoms with Crippen LogP contribution in [0.2, 0.25) is 0 Å². The highest BCUT2D eigenvalue weighted by molar-refractivity contribution is 5.79. The van der Waals surface area contributed by atoms with Gasteiger partial charge in [-0.15, -0.1) is 0 Å². The van der Waals surface area contributed by atoms with E-state index in [9.17, 15) is 9.90 Å². The van der Waals surface area contributed by atoms with Crippen molar-refractivity contribution in [2.75, 3.05) is 13.1 Å². The van der Waals surface area contributed by atoms with Crippen molar-refractivity contribution in [3.8, 4) is 0 Å². The van der Waals surface area contributed by atoms with Gasteiger partial charge in [0.05, 0.1) is 6.10 Å². The largest absolute Gasteiger partial charge is 0.461 e. The first-order chi connectivity index (χ1) is 9.92. The summed E-state index contributed by atoms with van der Waals surface area (Å²) in [5.41, 5.74) is -0.140. The van der Waals surface area contributed by atoms with E-state index in [4.69, 9.17) is 4.74 Å². The summed E-state index contributed by atoms with van der Waals surface area (Å²) >= 11 is 0. The number of likely N-dealkylation sites (tertiary alicyclic amines) is 1. The van der Waals surface area contributed by atoms with Crippen molar-refractivity contribution in [1.82, 2.24) is 9.88 Å². The average Bonchev–Trinajstić information content (AvgIpc) is 2.47. The molecule has 2 heterocycles. The molecular formula is C16H24N2O3. The lowest BCUT2D eigenvalue weighted by atomic mass is 9.90. The second kappa shape index (κ2) is 6.54. The summed E-state index contributed by atoms with van der Waals surface area (Å²) in [5, 5.41) is 10.4. The molecule has 0 bridgehead atoms. The molecule has 0 aliphatic carbocycles. The van der Waals surface area contributed by atoms with E-state index in [1.54, 1.807) is 26.2 Å². The Labute approximate surface area is 125 Å². The Morgan fingerprint density at radius 3 is 2.38 bits per heavy atom. The quantitative estimate of drug-likeness (QED) is 0.859. The molecule has 1 aromatic rings. The Hall–Kier alpha value is -1.46. The molecule has 1 fully saturated rings. The topological polar surface area (TPSA) is 62.7 Å². The first-order valence-corrected chi connectivity index (χ1v) is 7.50. The first-order valence-electron chi connectivity index (χ1n) is 7.50. The van der Waals surface area contributed by atoms with Crippen LogP contribution in [0.4, 0.5) is 0 Å². The maximum atomic E-state index is 12.0. The second-order valence-corrected chi connectivity index (χ2v) is 5.98. The van der Waals surface area contributed by atoms with Gasteiger partial charge < -0.3 is 9.84 Å². The van der Waals surface area contributed by atoms with Crippen molar-refractivity contribution in [3.63, 3.8) is 0 Å². The van der Waals surface area contributed by atoms with Gasteiger partial charge in [0.1, 0.15) is 0 Å². The van der Waals surface area contributed by atoms with Crippen LogP contribution in [0.5, 0.6) is 0 Å². The van der Waals surface area contributed by atoms with Crippen LogP contribution in [0.3, 0.4) is 0 Å². The van der Waals surface area contributed by atoms with Gasteiger partial charge in [-0.05, 0) is 51.3 Å². The molecule has 1 unspecified atom stereocenters. The highest BCUT2D eigenvalue weighted by atomic mass is 16.6. The SMILES string of the molecule is CC(C)OC(=O)C1(O)CCN(C(C)c2ccncc2)CC1. The van der Waals surface area contributed by atoms with Crippen molar-refractivity contribution in [1.29, 1.82) is 0 Å². The average molecular weight is 292 g/mol. The van der Waals surface area contributed by atoms with Crippen molar-refractivity contribution in [2.24, 2.45) is 0 Å². The summed E-state index contributed by atoms with van der Waals surface area (Å²) in [6, 6.07) is 4.25. The molecule has 0 aromatic carbocycles. The van der Waals surface area contributed by atoms with E-state index in [0.717, 1.165) is 0 Å². The molecule has 0 saturated carbocycles. The third-order valence-electron chi connectivity index (χ3n) is 4.08. The van der Waals surface area contributed by atoms with E-state index in [1.807, 2.05) is 12.1 Å². The molecule has 5 nitrogen and oxygen atoms in total. The van der Waals surface area contributed by atoms with Crippen molar-refractivity contribution in [3.05, 3.63) is 30.1 Å². The summed E-state index contributed by atoms with van der Waals surface area (Å²) in [6.07, 6.45) is 4.19. The number of piperidine rings is 1. The zero-order valence-corrected chi connectivity index (χ0v) is 13.0. The molecule has 2 rings (SSSR count). The van der Waals surface area contributed by atoms with Crippen LogP contribution >= 0.6 is 0 Å².